The Kier molecular flexibility index (Phi) is 9.90. The van der Waals surface area contributed by atoms with E-state index in [1.807, 2.05) is 44.2 Å². The van der Waals surface area contributed by atoms with Crippen molar-refractivity contribution in [1.29, 1.82) is 0 Å². The first-order valence-electron chi connectivity index (χ1n) is 12.5. The Morgan fingerprint density at radius 3 is 2.29 bits per heavy atom. The normalized spacial score (nSPS) is 11.9. The van der Waals surface area contributed by atoms with Crippen molar-refractivity contribution in [3.05, 3.63) is 90.0 Å². The zero-order chi connectivity index (χ0) is 27.7. The van der Waals surface area contributed by atoms with Crippen LogP contribution in [0.25, 0.3) is 0 Å². The number of hydrogen-bond acceptors (Lipinski definition) is 5. The van der Waals surface area contributed by atoms with Crippen molar-refractivity contribution in [1.82, 2.24) is 10.2 Å². The van der Waals surface area contributed by atoms with Gasteiger partial charge in [0.15, 0.2) is 0 Å². The van der Waals surface area contributed by atoms with Crippen molar-refractivity contribution >= 4 is 27.5 Å². The monoisotopic (exact) mass is 537 g/mol. The van der Waals surface area contributed by atoms with Gasteiger partial charge in [0.25, 0.3) is 10.0 Å². The molecule has 1 atom stereocenters. The van der Waals surface area contributed by atoms with Crippen LogP contribution in [0.1, 0.15) is 31.4 Å². The lowest BCUT2D eigenvalue weighted by atomic mass is 10.1. The summed E-state index contributed by atoms with van der Waals surface area (Å²) < 4.78 is 34.1. The Hall–Kier alpha value is -3.85. The van der Waals surface area contributed by atoms with E-state index in [9.17, 15) is 18.0 Å². The van der Waals surface area contributed by atoms with Gasteiger partial charge in [-0.25, -0.2) is 8.42 Å². The predicted octanol–water partition coefficient (Wildman–Crippen LogP) is 4.14. The molecule has 202 valence electrons. The summed E-state index contributed by atoms with van der Waals surface area (Å²) in [6, 6.07) is 21.5. The molecule has 0 aliphatic rings. The number of ether oxygens (including phenoxy) is 1. The van der Waals surface area contributed by atoms with Crippen LogP contribution in [0.3, 0.4) is 0 Å². The van der Waals surface area contributed by atoms with Crippen LogP contribution >= 0.6 is 0 Å². The van der Waals surface area contributed by atoms with Gasteiger partial charge >= 0.3 is 0 Å². The summed E-state index contributed by atoms with van der Waals surface area (Å²) in [5, 5.41) is 2.83. The second-order valence-electron chi connectivity index (χ2n) is 9.00. The van der Waals surface area contributed by atoms with E-state index < -0.39 is 28.5 Å². The molecule has 0 radical (unpaired) electrons. The van der Waals surface area contributed by atoms with Gasteiger partial charge in [0.1, 0.15) is 18.3 Å². The first kappa shape index (κ1) is 28.7. The molecule has 38 heavy (non-hydrogen) atoms. The van der Waals surface area contributed by atoms with Gasteiger partial charge in [-0.15, -0.1) is 0 Å². The van der Waals surface area contributed by atoms with Gasteiger partial charge < -0.3 is 15.0 Å². The Labute approximate surface area is 225 Å². The molecule has 0 unspecified atom stereocenters. The molecule has 0 aliphatic carbocycles. The topological polar surface area (TPSA) is 96.0 Å². The molecular formula is C29H35N3O5S. The summed E-state index contributed by atoms with van der Waals surface area (Å²) >= 11 is 0. The molecular weight excluding hydrogens is 502 g/mol. The number of hydrogen-bond donors (Lipinski definition) is 1. The summed E-state index contributed by atoms with van der Waals surface area (Å²) in [7, 11) is -2.64. The zero-order valence-electron chi connectivity index (χ0n) is 22.3. The average molecular weight is 538 g/mol. The molecule has 3 aromatic rings. The van der Waals surface area contributed by atoms with Crippen molar-refractivity contribution < 1.29 is 22.7 Å². The highest BCUT2D eigenvalue weighted by Crippen LogP contribution is 2.27. The van der Waals surface area contributed by atoms with E-state index in [0.717, 1.165) is 21.9 Å². The highest BCUT2D eigenvalue weighted by molar-refractivity contribution is 7.92. The standard InChI is InChI=1S/C29H35N3O5S/c1-5-18-30-29(34)23(3)31(20-24-10-7-6-8-11-24)28(33)21-32(25-12-9-13-26(19-25)37-4)38(35,36)27-16-14-22(2)15-17-27/h6-17,19,23H,5,18,20-21H2,1-4H3,(H,30,34)/t23-/m0/s1. The third-order valence-corrected chi connectivity index (χ3v) is 7.93. The molecule has 1 N–H and O–H groups in total. The second-order valence-corrected chi connectivity index (χ2v) is 10.9. The third-order valence-electron chi connectivity index (χ3n) is 6.14. The summed E-state index contributed by atoms with van der Waals surface area (Å²) in [6.45, 7) is 5.59. The molecule has 8 nitrogen and oxygen atoms in total. The van der Waals surface area contributed by atoms with E-state index in [4.69, 9.17) is 4.74 Å². The van der Waals surface area contributed by atoms with E-state index in [-0.39, 0.29) is 23.0 Å². The van der Waals surface area contributed by atoms with Crippen molar-refractivity contribution in [3.8, 4) is 5.75 Å². The first-order chi connectivity index (χ1) is 18.2. The second kappa shape index (κ2) is 13.1. The minimum Gasteiger partial charge on any atom is -0.497 e. The highest BCUT2D eigenvalue weighted by Gasteiger charge is 2.32. The van der Waals surface area contributed by atoms with Gasteiger partial charge in [-0.1, -0.05) is 61.0 Å². The number of nitrogens with zero attached hydrogens (tertiary/aromatic N) is 2. The number of sulfonamides is 1. The number of carbonyl (C=O) groups excluding carboxylic acids is 2. The molecule has 3 aromatic carbocycles. The quantitative estimate of drug-likeness (QED) is 0.375. The number of carbonyl (C=O) groups is 2. The largest absolute Gasteiger partial charge is 0.497 e. The number of nitrogens with one attached hydrogen (secondary N) is 1. The Morgan fingerprint density at radius 1 is 0.974 bits per heavy atom. The Morgan fingerprint density at radius 2 is 1.66 bits per heavy atom. The smallest absolute Gasteiger partial charge is 0.264 e. The molecule has 0 aromatic heterocycles. The SMILES string of the molecule is CCCNC(=O)[C@H](C)N(Cc1ccccc1)C(=O)CN(c1cccc(OC)c1)S(=O)(=O)c1ccc(C)cc1. The fourth-order valence-electron chi connectivity index (χ4n) is 3.89. The molecule has 0 aliphatic heterocycles. The van der Waals surface area contributed by atoms with Crippen LogP contribution < -0.4 is 14.4 Å². The molecule has 0 saturated carbocycles. The molecule has 2 amide bonds. The number of benzene rings is 3. The summed E-state index contributed by atoms with van der Waals surface area (Å²) in [4.78, 5) is 28.2. The van der Waals surface area contributed by atoms with Gasteiger partial charge in [-0.2, -0.15) is 0 Å². The summed E-state index contributed by atoms with van der Waals surface area (Å²) in [6.07, 6.45) is 0.753. The molecule has 0 fully saturated rings. The lowest BCUT2D eigenvalue weighted by Gasteiger charge is -2.32. The average Bonchev–Trinajstić information content (AvgIpc) is 2.93. The maximum atomic E-state index is 13.8. The van der Waals surface area contributed by atoms with E-state index in [0.29, 0.717) is 12.3 Å². The van der Waals surface area contributed by atoms with Gasteiger partial charge in [0.2, 0.25) is 11.8 Å². The molecule has 0 saturated heterocycles. The van der Waals surface area contributed by atoms with Gasteiger partial charge in [0.05, 0.1) is 17.7 Å². The van der Waals surface area contributed by atoms with Crippen molar-refractivity contribution in [2.24, 2.45) is 0 Å². The molecule has 0 bridgehead atoms. The fourth-order valence-corrected chi connectivity index (χ4v) is 5.30. The third kappa shape index (κ3) is 7.13. The van der Waals surface area contributed by atoms with Gasteiger partial charge in [0, 0.05) is 19.2 Å². The lowest BCUT2D eigenvalue weighted by Crippen LogP contribution is -2.51. The zero-order valence-corrected chi connectivity index (χ0v) is 23.1. The van der Waals surface area contributed by atoms with Crippen molar-refractivity contribution in [2.45, 2.75) is 44.7 Å². The van der Waals surface area contributed by atoms with E-state index in [1.54, 1.807) is 43.3 Å². The minimum absolute atomic E-state index is 0.0575. The Balaban J connectivity index is 2.02. The minimum atomic E-state index is -4.13. The van der Waals surface area contributed by atoms with Crippen LogP contribution in [0.5, 0.6) is 5.75 Å². The first-order valence-corrected chi connectivity index (χ1v) is 14.0. The number of aryl methyl sites for hydroxylation is 1. The van der Waals surface area contributed by atoms with Crippen LogP contribution in [0, 0.1) is 6.92 Å². The molecule has 3 rings (SSSR count). The fraction of sp³-hybridized carbons (Fsp3) is 0.310. The van der Waals surface area contributed by atoms with E-state index >= 15 is 0 Å². The highest BCUT2D eigenvalue weighted by atomic mass is 32.2. The number of anilines is 1. The number of amides is 2. The summed E-state index contributed by atoms with van der Waals surface area (Å²) in [5.74, 6) is -0.357. The molecule has 0 spiro atoms. The van der Waals surface area contributed by atoms with Crippen LogP contribution in [0.4, 0.5) is 5.69 Å². The summed E-state index contributed by atoms with van der Waals surface area (Å²) in [5.41, 5.74) is 2.01. The molecule has 0 heterocycles. The van der Waals surface area contributed by atoms with Crippen LogP contribution in [0.2, 0.25) is 0 Å². The van der Waals surface area contributed by atoms with Crippen LogP contribution in [0.15, 0.2) is 83.8 Å². The number of methoxy groups -OCH3 is 1. The van der Waals surface area contributed by atoms with E-state index in [2.05, 4.69) is 5.32 Å². The maximum absolute atomic E-state index is 13.8. The molecule has 9 heteroatoms. The lowest BCUT2D eigenvalue weighted by molar-refractivity contribution is -0.139. The van der Waals surface area contributed by atoms with Crippen molar-refractivity contribution in [3.63, 3.8) is 0 Å². The van der Waals surface area contributed by atoms with Crippen molar-refractivity contribution in [2.75, 3.05) is 24.5 Å². The van der Waals surface area contributed by atoms with Gasteiger partial charge in [-0.3, -0.25) is 13.9 Å². The Bertz CT molecular complexity index is 1330. The van der Waals surface area contributed by atoms with E-state index in [1.165, 1.54) is 24.1 Å². The van der Waals surface area contributed by atoms with Crippen LogP contribution in [-0.2, 0) is 26.2 Å². The maximum Gasteiger partial charge on any atom is 0.264 e. The number of rotatable bonds is 12. The van der Waals surface area contributed by atoms with Crippen LogP contribution in [-0.4, -0.2) is 51.4 Å². The predicted molar refractivity (Wildman–Crippen MR) is 148 cm³/mol. The van der Waals surface area contributed by atoms with Gasteiger partial charge in [-0.05, 0) is 50.1 Å².